The molecule has 0 bridgehead atoms. The Hall–Kier alpha value is -3.42. The van der Waals surface area contributed by atoms with Gasteiger partial charge in [0.25, 0.3) is 0 Å². The molecule has 1 fully saturated rings. The number of rotatable bonds is 9. The first-order valence-electron chi connectivity index (χ1n) is 12.8. The SMILES string of the molecule is CN(CCO)CC1CCC(c2ncc3c(N)nc(-c4cccc(OCc5ccccc5)c4)cn23)CC1. The van der Waals surface area contributed by atoms with E-state index >= 15 is 0 Å². The van der Waals surface area contributed by atoms with Crippen molar-refractivity contribution in [3.8, 4) is 17.0 Å². The number of nitrogens with zero attached hydrogens (tertiary/aromatic N) is 4. The van der Waals surface area contributed by atoms with Crippen LogP contribution in [0.1, 0.15) is 43.0 Å². The van der Waals surface area contributed by atoms with E-state index in [4.69, 9.17) is 15.5 Å². The average molecular weight is 486 g/mol. The van der Waals surface area contributed by atoms with Gasteiger partial charge in [-0.25, -0.2) is 9.97 Å². The molecule has 2 heterocycles. The van der Waals surface area contributed by atoms with Gasteiger partial charge in [0, 0.05) is 30.8 Å². The Morgan fingerprint density at radius 3 is 2.67 bits per heavy atom. The zero-order valence-electron chi connectivity index (χ0n) is 20.9. The van der Waals surface area contributed by atoms with Gasteiger partial charge in [-0.15, -0.1) is 0 Å². The molecule has 7 heteroatoms. The number of likely N-dealkylation sites (N-methyl/N-ethyl adjacent to an activating group) is 1. The number of nitrogens with two attached hydrogens (primary N) is 1. The number of aromatic nitrogens is 3. The Kier molecular flexibility index (Phi) is 7.49. The summed E-state index contributed by atoms with van der Waals surface area (Å²) in [4.78, 5) is 11.7. The summed E-state index contributed by atoms with van der Waals surface area (Å²) >= 11 is 0. The molecule has 1 aliphatic rings. The topological polar surface area (TPSA) is 88.9 Å². The van der Waals surface area contributed by atoms with E-state index in [9.17, 15) is 5.11 Å². The second-order valence-electron chi connectivity index (χ2n) is 9.89. The second kappa shape index (κ2) is 11.1. The quantitative estimate of drug-likeness (QED) is 0.356. The number of fused-ring (bicyclic) bond motifs is 1. The van der Waals surface area contributed by atoms with E-state index in [1.54, 1.807) is 0 Å². The minimum atomic E-state index is 0.214. The minimum absolute atomic E-state index is 0.214. The number of hydrogen-bond donors (Lipinski definition) is 2. The first-order valence-corrected chi connectivity index (χ1v) is 12.8. The van der Waals surface area contributed by atoms with Crippen LogP contribution in [0, 0.1) is 5.92 Å². The zero-order chi connectivity index (χ0) is 24.9. The van der Waals surface area contributed by atoms with E-state index in [1.807, 2.05) is 48.7 Å². The lowest BCUT2D eigenvalue weighted by Gasteiger charge is -2.30. The molecule has 2 aromatic carbocycles. The number of hydrogen-bond acceptors (Lipinski definition) is 6. The Labute approximate surface area is 212 Å². The highest BCUT2D eigenvalue weighted by Gasteiger charge is 2.26. The second-order valence-corrected chi connectivity index (χ2v) is 9.89. The summed E-state index contributed by atoms with van der Waals surface area (Å²) in [5.74, 6) is 3.43. The molecule has 0 atom stereocenters. The van der Waals surface area contributed by atoms with Crippen molar-refractivity contribution in [1.82, 2.24) is 19.3 Å². The molecule has 1 aliphatic carbocycles. The number of aliphatic hydroxyl groups is 1. The van der Waals surface area contributed by atoms with Gasteiger partial charge >= 0.3 is 0 Å². The van der Waals surface area contributed by atoms with E-state index in [0.717, 1.165) is 59.8 Å². The third kappa shape index (κ3) is 5.53. The fraction of sp³-hybridized carbons (Fsp3) is 0.379. The summed E-state index contributed by atoms with van der Waals surface area (Å²) in [5, 5.41) is 9.18. The molecule has 0 aliphatic heterocycles. The summed E-state index contributed by atoms with van der Waals surface area (Å²) in [7, 11) is 2.09. The third-order valence-corrected chi connectivity index (χ3v) is 7.22. The van der Waals surface area contributed by atoms with Crippen molar-refractivity contribution < 1.29 is 9.84 Å². The van der Waals surface area contributed by atoms with Gasteiger partial charge in [-0.2, -0.15) is 0 Å². The summed E-state index contributed by atoms with van der Waals surface area (Å²) in [5.41, 5.74) is 10.1. The summed E-state index contributed by atoms with van der Waals surface area (Å²) < 4.78 is 8.17. The molecule has 7 nitrogen and oxygen atoms in total. The van der Waals surface area contributed by atoms with Gasteiger partial charge in [0.05, 0.1) is 18.5 Å². The number of benzene rings is 2. The molecule has 2 aromatic heterocycles. The molecular formula is C29H35N5O2. The number of nitrogen functional groups attached to an aromatic ring is 1. The van der Waals surface area contributed by atoms with Crippen molar-refractivity contribution >= 4 is 11.3 Å². The van der Waals surface area contributed by atoms with Gasteiger partial charge in [-0.3, -0.25) is 4.40 Å². The van der Waals surface area contributed by atoms with Crippen LogP contribution < -0.4 is 10.5 Å². The van der Waals surface area contributed by atoms with Crippen molar-refractivity contribution in [2.75, 3.05) is 32.5 Å². The predicted octanol–water partition coefficient (Wildman–Crippen LogP) is 4.76. The molecule has 3 N–H and O–H groups in total. The Morgan fingerprint density at radius 2 is 1.89 bits per heavy atom. The molecule has 0 spiro atoms. The molecule has 0 saturated heterocycles. The van der Waals surface area contributed by atoms with E-state index in [-0.39, 0.29) is 6.61 Å². The van der Waals surface area contributed by atoms with Gasteiger partial charge in [0.2, 0.25) is 0 Å². The summed E-state index contributed by atoms with van der Waals surface area (Å²) in [6, 6.07) is 18.2. The number of anilines is 1. The van der Waals surface area contributed by atoms with Crippen LogP contribution in [0.2, 0.25) is 0 Å². The van der Waals surface area contributed by atoms with Crippen LogP contribution in [-0.2, 0) is 6.61 Å². The lowest BCUT2D eigenvalue weighted by Crippen LogP contribution is -2.30. The highest BCUT2D eigenvalue weighted by atomic mass is 16.5. The molecule has 0 amide bonds. The molecular weight excluding hydrogens is 450 g/mol. The largest absolute Gasteiger partial charge is 0.489 e. The molecule has 5 rings (SSSR count). The summed E-state index contributed by atoms with van der Waals surface area (Å²) in [6.07, 6.45) is 8.47. The molecule has 4 aromatic rings. The lowest BCUT2D eigenvalue weighted by atomic mass is 9.81. The first kappa shape index (κ1) is 24.3. The maximum absolute atomic E-state index is 9.18. The van der Waals surface area contributed by atoms with E-state index in [2.05, 4.69) is 39.7 Å². The van der Waals surface area contributed by atoms with Crippen molar-refractivity contribution in [2.45, 2.75) is 38.2 Å². The van der Waals surface area contributed by atoms with Gasteiger partial charge in [-0.1, -0.05) is 42.5 Å². The van der Waals surface area contributed by atoms with Crippen LogP contribution in [0.15, 0.2) is 67.0 Å². The van der Waals surface area contributed by atoms with E-state index in [1.165, 1.54) is 12.8 Å². The molecule has 0 unspecified atom stereocenters. The Morgan fingerprint density at radius 1 is 1.08 bits per heavy atom. The van der Waals surface area contributed by atoms with Gasteiger partial charge in [0.1, 0.15) is 29.5 Å². The van der Waals surface area contributed by atoms with Gasteiger partial charge < -0.3 is 20.5 Å². The number of aliphatic hydroxyl groups excluding tert-OH is 1. The zero-order valence-corrected chi connectivity index (χ0v) is 20.9. The number of ether oxygens (including phenoxy) is 1. The van der Waals surface area contributed by atoms with Crippen LogP contribution in [0.25, 0.3) is 16.8 Å². The molecule has 188 valence electrons. The van der Waals surface area contributed by atoms with Crippen molar-refractivity contribution in [1.29, 1.82) is 0 Å². The van der Waals surface area contributed by atoms with Crippen molar-refractivity contribution in [2.24, 2.45) is 5.92 Å². The van der Waals surface area contributed by atoms with Crippen LogP contribution >= 0.6 is 0 Å². The fourth-order valence-corrected chi connectivity index (χ4v) is 5.27. The highest BCUT2D eigenvalue weighted by Crippen LogP contribution is 2.36. The first-order chi connectivity index (χ1) is 17.6. The Balaban J connectivity index is 1.33. The molecule has 1 saturated carbocycles. The van der Waals surface area contributed by atoms with E-state index < -0.39 is 0 Å². The summed E-state index contributed by atoms with van der Waals surface area (Å²) in [6.45, 7) is 2.51. The maximum Gasteiger partial charge on any atom is 0.150 e. The molecule has 0 radical (unpaired) electrons. The van der Waals surface area contributed by atoms with Crippen molar-refractivity contribution in [3.05, 3.63) is 78.4 Å². The smallest absolute Gasteiger partial charge is 0.150 e. The number of imidazole rings is 1. The van der Waals surface area contributed by atoms with Crippen LogP contribution in [0.4, 0.5) is 5.82 Å². The molecule has 36 heavy (non-hydrogen) atoms. The van der Waals surface area contributed by atoms with Crippen LogP contribution in [-0.4, -0.2) is 51.1 Å². The van der Waals surface area contributed by atoms with Gasteiger partial charge in [-0.05, 0) is 56.3 Å². The third-order valence-electron chi connectivity index (χ3n) is 7.22. The predicted molar refractivity (Wildman–Crippen MR) is 143 cm³/mol. The highest BCUT2D eigenvalue weighted by molar-refractivity contribution is 5.71. The maximum atomic E-state index is 9.18. The van der Waals surface area contributed by atoms with Crippen LogP contribution in [0.3, 0.4) is 0 Å². The fourth-order valence-electron chi connectivity index (χ4n) is 5.27. The minimum Gasteiger partial charge on any atom is -0.489 e. The standard InChI is InChI=1S/C29H35N5O2/c1-33(14-15-35)18-21-10-12-23(13-11-21)29-31-17-27-28(30)32-26(19-34(27)29)24-8-5-9-25(16-24)36-20-22-6-3-2-4-7-22/h2-9,16-17,19,21,23,35H,10-15,18,20H2,1H3,(H2,30,32). The average Bonchev–Trinajstić information content (AvgIpc) is 3.34. The van der Waals surface area contributed by atoms with Gasteiger partial charge in [0.15, 0.2) is 0 Å². The van der Waals surface area contributed by atoms with E-state index in [0.29, 0.717) is 24.3 Å². The Bertz CT molecular complexity index is 1280. The monoisotopic (exact) mass is 485 g/mol. The van der Waals surface area contributed by atoms with Crippen LogP contribution in [0.5, 0.6) is 5.75 Å². The van der Waals surface area contributed by atoms with Crippen molar-refractivity contribution in [3.63, 3.8) is 0 Å². The lowest BCUT2D eigenvalue weighted by molar-refractivity contribution is 0.181. The normalized spacial score (nSPS) is 18.1.